The lowest BCUT2D eigenvalue weighted by Crippen LogP contribution is -2.34. The van der Waals surface area contributed by atoms with Crippen LogP contribution >= 0.6 is 0 Å². The fraction of sp³-hybridized carbons (Fsp3) is 0.500. The van der Waals surface area contributed by atoms with Gasteiger partial charge in [0.1, 0.15) is 5.75 Å². The second-order valence-corrected chi connectivity index (χ2v) is 7.38. The summed E-state index contributed by atoms with van der Waals surface area (Å²) in [7, 11) is -3.51. The van der Waals surface area contributed by atoms with Gasteiger partial charge >= 0.3 is 0 Å². The minimum atomic E-state index is -3.51. The number of sulfone groups is 1. The van der Waals surface area contributed by atoms with Crippen LogP contribution in [0.15, 0.2) is 24.3 Å². The highest BCUT2D eigenvalue weighted by atomic mass is 32.2. The Hall–Kier alpha value is -1.44. The minimum Gasteiger partial charge on any atom is -0.377 e. The van der Waals surface area contributed by atoms with E-state index in [1.54, 1.807) is 25.1 Å². The molecule has 2 atom stereocenters. The molecule has 116 valence electrons. The largest absolute Gasteiger partial charge is 0.377 e. The number of ether oxygens (including phenoxy) is 1. The maximum absolute atomic E-state index is 12.2. The third-order valence-corrected chi connectivity index (χ3v) is 5.75. The molecule has 6 nitrogen and oxygen atoms in total. The smallest absolute Gasteiger partial charge is 0.239 e. The van der Waals surface area contributed by atoms with Crippen molar-refractivity contribution >= 4 is 21.4 Å². The molecule has 1 heterocycles. The Balaban J connectivity index is 2.00. The van der Waals surface area contributed by atoms with Crippen LogP contribution in [0.1, 0.15) is 18.9 Å². The molecule has 1 aromatic rings. The quantitative estimate of drug-likeness (QED) is 0.833. The van der Waals surface area contributed by atoms with Crippen LogP contribution in [0.5, 0.6) is 0 Å². The van der Waals surface area contributed by atoms with Gasteiger partial charge in [0, 0.05) is 18.8 Å². The molecule has 7 heteroatoms. The van der Waals surface area contributed by atoms with E-state index in [-0.39, 0.29) is 6.10 Å². The summed E-state index contributed by atoms with van der Waals surface area (Å²) in [5.41, 5.74) is 6.95. The van der Waals surface area contributed by atoms with Crippen LogP contribution in [0.2, 0.25) is 0 Å². The van der Waals surface area contributed by atoms with Crippen LogP contribution in [0.25, 0.3) is 0 Å². The zero-order valence-electron chi connectivity index (χ0n) is 11.9. The second-order valence-electron chi connectivity index (χ2n) is 5.16. The first-order valence-electron chi connectivity index (χ1n) is 6.84. The molecule has 1 saturated heterocycles. The van der Waals surface area contributed by atoms with Gasteiger partial charge in [0.2, 0.25) is 5.91 Å². The van der Waals surface area contributed by atoms with Crippen molar-refractivity contribution in [1.82, 2.24) is 0 Å². The van der Waals surface area contributed by atoms with Gasteiger partial charge in [0.25, 0.3) is 0 Å². The molecule has 0 spiro atoms. The number of benzene rings is 1. The SMILES string of the molecule is CC1OCCC1S(=O)(=O)CC(=O)Nc1cccc(CN)c1. The summed E-state index contributed by atoms with van der Waals surface area (Å²) in [6.45, 7) is 2.50. The Morgan fingerprint density at radius 1 is 1.48 bits per heavy atom. The zero-order chi connectivity index (χ0) is 15.5. The summed E-state index contributed by atoms with van der Waals surface area (Å²) in [6, 6.07) is 7.03. The van der Waals surface area contributed by atoms with Crippen LogP contribution < -0.4 is 11.1 Å². The highest BCUT2D eigenvalue weighted by molar-refractivity contribution is 7.92. The predicted octanol–water partition coefficient (Wildman–Crippen LogP) is 0.676. The highest BCUT2D eigenvalue weighted by Crippen LogP contribution is 2.21. The third kappa shape index (κ3) is 4.03. The fourth-order valence-electron chi connectivity index (χ4n) is 2.45. The van der Waals surface area contributed by atoms with Crippen LogP contribution in [0, 0.1) is 0 Å². The molecule has 0 saturated carbocycles. The normalized spacial score (nSPS) is 22.2. The van der Waals surface area contributed by atoms with E-state index in [9.17, 15) is 13.2 Å². The van der Waals surface area contributed by atoms with Gasteiger partial charge in [-0.2, -0.15) is 0 Å². The average Bonchev–Trinajstić information content (AvgIpc) is 2.85. The van der Waals surface area contributed by atoms with Crippen molar-refractivity contribution in [3.8, 4) is 0 Å². The van der Waals surface area contributed by atoms with Gasteiger partial charge in [-0.3, -0.25) is 4.79 Å². The van der Waals surface area contributed by atoms with E-state index in [0.29, 0.717) is 25.3 Å². The topological polar surface area (TPSA) is 98.5 Å². The third-order valence-electron chi connectivity index (χ3n) is 3.55. The lowest BCUT2D eigenvalue weighted by molar-refractivity contribution is -0.113. The van der Waals surface area contributed by atoms with Crippen LogP contribution in [0.4, 0.5) is 5.69 Å². The molecule has 1 fully saturated rings. The van der Waals surface area contributed by atoms with E-state index in [4.69, 9.17) is 10.5 Å². The highest BCUT2D eigenvalue weighted by Gasteiger charge is 2.36. The second kappa shape index (κ2) is 6.55. The number of carbonyl (C=O) groups is 1. The molecule has 21 heavy (non-hydrogen) atoms. The Morgan fingerprint density at radius 2 is 2.24 bits per heavy atom. The first-order chi connectivity index (χ1) is 9.92. The lowest BCUT2D eigenvalue weighted by atomic mass is 10.2. The Labute approximate surface area is 124 Å². The molecule has 2 rings (SSSR count). The van der Waals surface area contributed by atoms with E-state index < -0.39 is 26.7 Å². The van der Waals surface area contributed by atoms with Gasteiger partial charge < -0.3 is 15.8 Å². The number of carbonyl (C=O) groups excluding carboxylic acids is 1. The molecule has 1 aliphatic rings. The molecule has 3 N–H and O–H groups in total. The van der Waals surface area contributed by atoms with Gasteiger partial charge in [-0.25, -0.2) is 8.42 Å². The maximum atomic E-state index is 12.2. The van der Waals surface area contributed by atoms with E-state index in [1.165, 1.54) is 0 Å². The standard InChI is InChI=1S/C14H20N2O4S/c1-10-13(5-6-20-10)21(18,19)9-14(17)16-12-4-2-3-11(7-12)8-15/h2-4,7,10,13H,5-6,8-9,15H2,1H3,(H,16,17). The van der Waals surface area contributed by atoms with Crippen LogP contribution in [0.3, 0.4) is 0 Å². The number of hydrogen-bond donors (Lipinski definition) is 2. The summed E-state index contributed by atoms with van der Waals surface area (Å²) in [6.07, 6.45) is 0.0859. The summed E-state index contributed by atoms with van der Waals surface area (Å²) < 4.78 is 29.7. The number of anilines is 1. The van der Waals surface area contributed by atoms with Crippen LogP contribution in [-0.4, -0.2) is 38.0 Å². The molecular formula is C14H20N2O4S. The van der Waals surface area contributed by atoms with Gasteiger partial charge in [0.15, 0.2) is 9.84 Å². The summed E-state index contributed by atoms with van der Waals surface area (Å²) >= 11 is 0. The maximum Gasteiger partial charge on any atom is 0.239 e. The Kier molecular flexibility index (Phi) is 4.97. The number of amides is 1. The molecular weight excluding hydrogens is 292 g/mol. The van der Waals surface area contributed by atoms with Crippen molar-refractivity contribution in [2.45, 2.75) is 31.2 Å². The zero-order valence-corrected chi connectivity index (χ0v) is 12.7. The predicted molar refractivity (Wildman–Crippen MR) is 80.6 cm³/mol. The molecule has 0 aliphatic carbocycles. The number of rotatable bonds is 5. The summed E-state index contributed by atoms with van der Waals surface area (Å²) in [5.74, 6) is -1.07. The van der Waals surface area contributed by atoms with Gasteiger partial charge in [-0.15, -0.1) is 0 Å². The van der Waals surface area contributed by atoms with Crippen molar-refractivity contribution in [1.29, 1.82) is 0 Å². The number of nitrogens with two attached hydrogens (primary N) is 1. The van der Waals surface area contributed by atoms with Crippen LogP contribution in [-0.2, 0) is 25.9 Å². The molecule has 0 aromatic heterocycles. The summed E-state index contributed by atoms with van der Waals surface area (Å²) in [4.78, 5) is 11.9. The van der Waals surface area contributed by atoms with Crippen molar-refractivity contribution < 1.29 is 17.9 Å². The number of nitrogens with one attached hydrogen (secondary N) is 1. The van der Waals surface area contributed by atoms with Gasteiger partial charge in [-0.1, -0.05) is 12.1 Å². The van der Waals surface area contributed by atoms with E-state index in [1.807, 2.05) is 6.07 Å². The van der Waals surface area contributed by atoms with E-state index in [0.717, 1.165) is 5.56 Å². The Bertz CT molecular complexity index is 615. The first kappa shape index (κ1) is 15.9. The van der Waals surface area contributed by atoms with Crippen molar-refractivity contribution in [2.75, 3.05) is 17.7 Å². The molecule has 1 amide bonds. The molecule has 0 bridgehead atoms. The van der Waals surface area contributed by atoms with E-state index in [2.05, 4.69) is 5.32 Å². The van der Waals surface area contributed by atoms with Crippen molar-refractivity contribution in [2.24, 2.45) is 5.73 Å². The molecule has 1 aromatic carbocycles. The fourth-order valence-corrected chi connectivity index (χ4v) is 4.22. The minimum absolute atomic E-state index is 0.358. The monoisotopic (exact) mass is 312 g/mol. The van der Waals surface area contributed by atoms with Gasteiger partial charge in [0.05, 0.1) is 11.4 Å². The summed E-state index contributed by atoms with van der Waals surface area (Å²) in [5, 5.41) is 2.00. The van der Waals surface area contributed by atoms with Gasteiger partial charge in [-0.05, 0) is 31.0 Å². The number of hydrogen-bond acceptors (Lipinski definition) is 5. The molecule has 1 aliphatic heterocycles. The van der Waals surface area contributed by atoms with Crippen molar-refractivity contribution in [3.63, 3.8) is 0 Å². The Morgan fingerprint density at radius 3 is 2.86 bits per heavy atom. The van der Waals surface area contributed by atoms with E-state index >= 15 is 0 Å². The van der Waals surface area contributed by atoms with Crippen molar-refractivity contribution in [3.05, 3.63) is 29.8 Å². The molecule has 2 unspecified atom stereocenters. The lowest BCUT2D eigenvalue weighted by Gasteiger charge is -2.15. The molecule has 0 radical (unpaired) electrons. The first-order valence-corrected chi connectivity index (χ1v) is 8.56. The average molecular weight is 312 g/mol.